The van der Waals surface area contributed by atoms with Gasteiger partial charge in [-0.05, 0) is 56.0 Å². The third kappa shape index (κ3) is 4.22. The second-order valence-corrected chi connectivity index (χ2v) is 8.75. The van der Waals surface area contributed by atoms with Gasteiger partial charge in [-0.15, -0.1) is 0 Å². The van der Waals surface area contributed by atoms with Crippen molar-refractivity contribution in [1.29, 1.82) is 0 Å². The molecule has 0 bridgehead atoms. The molecule has 160 valence electrons. The molecule has 0 atom stereocenters. The molecular formula is C23H24BrN5O2. The summed E-state index contributed by atoms with van der Waals surface area (Å²) in [4.78, 5) is 19.8. The molecule has 5 rings (SSSR count). The number of halogens is 1. The van der Waals surface area contributed by atoms with Gasteiger partial charge < -0.3 is 15.0 Å². The smallest absolute Gasteiger partial charge is 0.276 e. The molecule has 3 aromatic rings. The third-order valence-corrected chi connectivity index (χ3v) is 6.28. The third-order valence-electron chi connectivity index (χ3n) is 5.79. The van der Waals surface area contributed by atoms with E-state index in [4.69, 9.17) is 9.84 Å². The number of benzene rings is 1. The first-order chi connectivity index (χ1) is 15.2. The van der Waals surface area contributed by atoms with E-state index in [0.29, 0.717) is 24.6 Å². The topological polar surface area (TPSA) is 72.3 Å². The lowest BCUT2D eigenvalue weighted by Crippen LogP contribution is -2.36. The number of hydrogen-bond acceptors (Lipinski definition) is 5. The van der Waals surface area contributed by atoms with Crippen LogP contribution in [0.2, 0.25) is 0 Å². The molecule has 1 N–H and O–H groups in total. The molecule has 2 aromatic heterocycles. The first kappa shape index (κ1) is 20.2. The zero-order chi connectivity index (χ0) is 21.2. The molecule has 0 unspecified atom stereocenters. The van der Waals surface area contributed by atoms with Crippen molar-refractivity contribution in [2.45, 2.75) is 25.7 Å². The minimum Gasteiger partial charge on any atom is -0.378 e. The van der Waals surface area contributed by atoms with Gasteiger partial charge >= 0.3 is 0 Å². The fraction of sp³-hybridized carbons (Fsp3) is 0.348. The number of aromatic nitrogens is 3. The highest BCUT2D eigenvalue weighted by molar-refractivity contribution is 9.10. The number of rotatable bonds is 4. The number of amides is 1. The molecule has 1 aromatic carbocycles. The first-order valence-corrected chi connectivity index (χ1v) is 11.4. The van der Waals surface area contributed by atoms with Gasteiger partial charge in [0, 0.05) is 28.8 Å². The van der Waals surface area contributed by atoms with Crippen LogP contribution in [0.15, 0.2) is 47.1 Å². The number of carbonyl (C=O) groups excluding carboxylic acids is 1. The standard InChI is InChI=1S/C23H24BrN5O2/c24-16-4-3-5-18(14-16)29-20-7-2-1-6-19(20)22(27-29)23(30)26-17-8-9-21(25-15-17)28-10-12-31-13-11-28/h3-5,8-9,14-15H,1-2,6-7,10-13H2,(H,26,30). The van der Waals surface area contributed by atoms with E-state index in [9.17, 15) is 4.79 Å². The van der Waals surface area contributed by atoms with Gasteiger partial charge in [-0.25, -0.2) is 9.67 Å². The summed E-state index contributed by atoms with van der Waals surface area (Å²) >= 11 is 3.53. The van der Waals surface area contributed by atoms with Gasteiger partial charge in [-0.2, -0.15) is 5.10 Å². The molecule has 2 aliphatic rings. The van der Waals surface area contributed by atoms with E-state index in [-0.39, 0.29) is 5.91 Å². The Morgan fingerprint density at radius 3 is 2.71 bits per heavy atom. The number of fused-ring (bicyclic) bond motifs is 1. The van der Waals surface area contributed by atoms with Gasteiger partial charge in [0.15, 0.2) is 5.69 Å². The number of ether oxygens (including phenoxy) is 1. The maximum Gasteiger partial charge on any atom is 0.276 e. The SMILES string of the molecule is O=C(Nc1ccc(N2CCOCC2)nc1)c1nn(-c2cccc(Br)c2)c2c1CCCC2. The van der Waals surface area contributed by atoms with Crippen molar-refractivity contribution in [3.8, 4) is 5.69 Å². The Morgan fingerprint density at radius 2 is 1.94 bits per heavy atom. The van der Waals surface area contributed by atoms with E-state index in [0.717, 1.165) is 66.0 Å². The van der Waals surface area contributed by atoms with Crippen LogP contribution in [0, 0.1) is 0 Å². The fourth-order valence-corrected chi connectivity index (χ4v) is 4.62. The van der Waals surface area contributed by atoms with Crippen LogP contribution < -0.4 is 10.2 Å². The van der Waals surface area contributed by atoms with Crippen LogP contribution in [0.5, 0.6) is 0 Å². The second kappa shape index (κ2) is 8.80. The predicted octanol–water partition coefficient (Wildman–Crippen LogP) is 4.00. The molecule has 1 aliphatic heterocycles. The highest BCUT2D eigenvalue weighted by Crippen LogP contribution is 2.28. The maximum atomic E-state index is 13.1. The van der Waals surface area contributed by atoms with Crippen molar-refractivity contribution < 1.29 is 9.53 Å². The van der Waals surface area contributed by atoms with E-state index in [1.165, 1.54) is 0 Å². The van der Waals surface area contributed by atoms with Crippen LogP contribution in [0.4, 0.5) is 11.5 Å². The monoisotopic (exact) mass is 481 g/mol. The first-order valence-electron chi connectivity index (χ1n) is 10.7. The van der Waals surface area contributed by atoms with Gasteiger partial charge in [-0.1, -0.05) is 22.0 Å². The molecule has 8 heteroatoms. The fourth-order valence-electron chi connectivity index (χ4n) is 4.23. The Labute approximate surface area is 189 Å². The van der Waals surface area contributed by atoms with Crippen LogP contribution in [0.3, 0.4) is 0 Å². The van der Waals surface area contributed by atoms with Gasteiger partial charge in [-0.3, -0.25) is 4.79 Å². The van der Waals surface area contributed by atoms with Crippen molar-refractivity contribution in [1.82, 2.24) is 14.8 Å². The zero-order valence-electron chi connectivity index (χ0n) is 17.2. The van der Waals surface area contributed by atoms with Gasteiger partial charge in [0.2, 0.25) is 0 Å². The number of pyridine rings is 1. The van der Waals surface area contributed by atoms with Crippen molar-refractivity contribution in [2.24, 2.45) is 0 Å². The average molecular weight is 482 g/mol. The summed E-state index contributed by atoms with van der Waals surface area (Å²) < 4.78 is 8.31. The second-order valence-electron chi connectivity index (χ2n) is 7.83. The number of nitrogens with one attached hydrogen (secondary N) is 1. The molecule has 1 saturated heterocycles. The van der Waals surface area contributed by atoms with E-state index in [2.05, 4.69) is 31.1 Å². The van der Waals surface area contributed by atoms with E-state index in [1.807, 2.05) is 41.1 Å². The molecular weight excluding hydrogens is 458 g/mol. The predicted molar refractivity (Wildman–Crippen MR) is 123 cm³/mol. The van der Waals surface area contributed by atoms with E-state index < -0.39 is 0 Å². The molecule has 3 heterocycles. The summed E-state index contributed by atoms with van der Waals surface area (Å²) in [6, 6.07) is 11.8. The number of carbonyl (C=O) groups is 1. The average Bonchev–Trinajstić information content (AvgIpc) is 3.20. The van der Waals surface area contributed by atoms with Crippen molar-refractivity contribution in [3.63, 3.8) is 0 Å². The normalized spacial score (nSPS) is 16.1. The lowest BCUT2D eigenvalue weighted by atomic mass is 9.95. The Bertz CT molecular complexity index is 1090. The molecule has 31 heavy (non-hydrogen) atoms. The number of nitrogens with zero attached hydrogens (tertiary/aromatic N) is 4. The molecule has 0 saturated carbocycles. The molecule has 1 aliphatic carbocycles. The Balaban J connectivity index is 1.39. The lowest BCUT2D eigenvalue weighted by molar-refractivity contribution is 0.102. The Kier molecular flexibility index (Phi) is 5.74. The summed E-state index contributed by atoms with van der Waals surface area (Å²) in [5, 5.41) is 7.72. The summed E-state index contributed by atoms with van der Waals surface area (Å²) in [5.41, 5.74) is 4.33. The van der Waals surface area contributed by atoms with Gasteiger partial charge in [0.05, 0.1) is 30.8 Å². The Hall–Kier alpha value is -2.71. The molecule has 7 nitrogen and oxygen atoms in total. The van der Waals surface area contributed by atoms with Crippen LogP contribution in [0.1, 0.15) is 34.6 Å². The number of hydrogen-bond donors (Lipinski definition) is 1. The summed E-state index contributed by atoms with van der Waals surface area (Å²) in [6.07, 6.45) is 5.70. The summed E-state index contributed by atoms with van der Waals surface area (Å²) in [7, 11) is 0. The number of morpholine rings is 1. The van der Waals surface area contributed by atoms with E-state index in [1.54, 1.807) is 6.20 Å². The van der Waals surface area contributed by atoms with Gasteiger partial charge in [0.25, 0.3) is 5.91 Å². The quantitative estimate of drug-likeness (QED) is 0.609. The number of anilines is 2. The van der Waals surface area contributed by atoms with Crippen molar-refractivity contribution >= 4 is 33.3 Å². The summed E-state index contributed by atoms with van der Waals surface area (Å²) in [6.45, 7) is 3.09. The minimum atomic E-state index is -0.187. The molecule has 0 radical (unpaired) electrons. The Morgan fingerprint density at radius 1 is 1.10 bits per heavy atom. The largest absolute Gasteiger partial charge is 0.378 e. The van der Waals surface area contributed by atoms with Crippen LogP contribution in [0.25, 0.3) is 5.69 Å². The van der Waals surface area contributed by atoms with Crippen LogP contribution in [-0.2, 0) is 17.6 Å². The minimum absolute atomic E-state index is 0.187. The van der Waals surface area contributed by atoms with Crippen molar-refractivity contribution in [2.75, 3.05) is 36.5 Å². The highest BCUT2D eigenvalue weighted by Gasteiger charge is 2.26. The molecule has 0 spiro atoms. The van der Waals surface area contributed by atoms with Crippen LogP contribution >= 0.6 is 15.9 Å². The molecule has 1 fully saturated rings. The maximum absolute atomic E-state index is 13.1. The molecule has 1 amide bonds. The highest BCUT2D eigenvalue weighted by atomic mass is 79.9. The summed E-state index contributed by atoms with van der Waals surface area (Å²) in [5.74, 6) is 0.713. The lowest BCUT2D eigenvalue weighted by Gasteiger charge is -2.27. The van der Waals surface area contributed by atoms with Crippen molar-refractivity contribution in [3.05, 3.63) is 64.0 Å². The zero-order valence-corrected chi connectivity index (χ0v) is 18.8. The van der Waals surface area contributed by atoms with E-state index >= 15 is 0 Å². The van der Waals surface area contributed by atoms with Crippen LogP contribution in [-0.4, -0.2) is 47.0 Å². The van der Waals surface area contributed by atoms with Gasteiger partial charge in [0.1, 0.15) is 5.82 Å².